The third-order valence-electron chi connectivity index (χ3n) is 3.34. The topological polar surface area (TPSA) is 56.8 Å². The van der Waals surface area contributed by atoms with Crippen LogP contribution < -0.4 is 4.84 Å². The Labute approximate surface area is 125 Å². The SMILES string of the molecule is C=C(C)CO[C@H]1CCC[C@H](NCl)C(=O)O[C@@H](C)[C@@H]1OC. The highest BCUT2D eigenvalue weighted by molar-refractivity contribution is 6.14. The van der Waals surface area contributed by atoms with Crippen LogP contribution in [0.1, 0.15) is 33.1 Å². The molecule has 6 heteroatoms. The number of halogens is 1. The van der Waals surface area contributed by atoms with Crippen LogP contribution in [0.25, 0.3) is 0 Å². The maximum absolute atomic E-state index is 11.9. The molecule has 20 heavy (non-hydrogen) atoms. The van der Waals surface area contributed by atoms with Crippen molar-refractivity contribution in [2.45, 2.75) is 57.5 Å². The highest BCUT2D eigenvalue weighted by Crippen LogP contribution is 2.21. The van der Waals surface area contributed by atoms with Gasteiger partial charge >= 0.3 is 5.97 Å². The Balaban J connectivity index is 2.78. The van der Waals surface area contributed by atoms with Crippen LogP contribution >= 0.6 is 11.8 Å². The van der Waals surface area contributed by atoms with Crippen LogP contribution in [0.3, 0.4) is 0 Å². The molecule has 1 saturated heterocycles. The van der Waals surface area contributed by atoms with Gasteiger partial charge in [-0.25, -0.2) is 4.84 Å². The summed E-state index contributed by atoms with van der Waals surface area (Å²) < 4.78 is 16.7. The van der Waals surface area contributed by atoms with Crippen LogP contribution in [-0.4, -0.2) is 44.0 Å². The Hall–Kier alpha value is -0.620. The number of rotatable bonds is 5. The van der Waals surface area contributed by atoms with Gasteiger partial charge in [0, 0.05) is 7.11 Å². The molecule has 4 atom stereocenters. The van der Waals surface area contributed by atoms with Crippen LogP contribution in [0.2, 0.25) is 0 Å². The molecule has 1 aliphatic heterocycles. The molecule has 0 aromatic rings. The molecule has 1 heterocycles. The summed E-state index contributed by atoms with van der Waals surface area (Å²) in [5.74, 6) is -0.352. The first-order chi connectivity index (χ1) is 9.49. The summed E-state index contributed by atoms with van der Waals surface area (Å²) in [6, 6.07) is -0.489. The molecule has 0 aromatic carbocycles. The zero-order chi connectivity index (χ0) is 15.1. The molecule has 1 rings (SSSR count). The Morgan fingerprint density at radius 3 is 2.80 bits per heavy atom. The molecule has 1 fully saturated rings. The van der Waals surface area contributed by atoms with E-state index < -0.39 is 12.1 Å². The van der Waals surface area contributed by atoms with E-state index in [0.29, 0.717) is 13.0 Å². The van der Waals surface area contributed by atoms with E-state index in [1.165, 1.54) is 0 Å². The van der Waals surface area contributed by atoms with Crippen molar-refractivity contribution in [3.05, 3.63) is 12.2 Å². The van der Waals surface area contributed by atoms with Crippen molar-refractivity contribution in [2.24, 2.45) is 0 Å². The molecular weight excluding hydrogens is 282 g/mol. The maximum Gasteiger partial charge on any atom is 0.324 e. The van der Waals surface area contributed by atoms with E-state index in [0.717, 1.165) is 18.4 Å². The van der Waals surface area contributed by atoms with E-state index in [2.05, 4.69) is 11.4 Å². The van der Waals surface area contributed by atoms with Gasteiger partial charge in [-0.15, -0.1) is 0 Å². The lowest BCUT2D eigenvalue weighted by Gasteiger charge is -2.29. The number of cyclic esters (lactones) is 1. The Morgan fingerprint density at radius 2 is 2.25 bits per heavy atom. The van der Waals surface area contributed by atoms with Gasteiger partial charge in [0.05, 0.1) is 12.7 Å². The Bertz CT molecular complexity index is 337. The van der Waals surface area contributed by atoms with Crippen LogP contribution in [-0.2, 0) is 19.0 Å². The molecule has 0 radical (unpaired) electrons. The molecule has 1 aliphatic rings. The summed E-state index contributed by atoms with van der Waals surface area (Å²) in [7, 11) is 1.60. The number of carbonyl (C=O) groups is 1. The van der Waals surface area contributed by atoms with Crippen molar-refractivity contribution in [2.75, 3.05) is 13.7 Å². The summed E-state index contributed by atoms with van der Waals surface area (Å²) in [5.41, 5.74) is 0.949. The summed E-state index contributed by atoms with van der Waals surface area (Å²) in [5, 5.41) is 0. The van der Waals surface area contributed by atoms with Gasteiger partial charge in [-0.3, -0.25) is 4.79 Å². The molecule has 0 unspecified atom stereocenters. The number of nitrogens with one attached hydrogen (secondary N) is 1. The van der Waals surface area contributed by atoms with Gasteiger partial charge in [0.1, 0.15) is 18.2 Å². The van der Waals surface area contributed by atoms with Crippen molar-refractivity contribution in [1.82, 2.24) is 4.84 Å². The van der Waals surface area contributed by atoms with Crippen LogP contribution in [0.4, 0.5) is 0 Å². The minimum absolute atomic E-state index is 0.131. The molecule has 0 aromatic heterocycles. The van der Waals surface area contributed by atoms with E-state index >= 15 is 0 Å². The van der Waals surface area contributed by atoms with Crippen molar-refractivity contribution in [3.8, 4) is 0 Å². The average Bonchev–Trinajstić information content (AvgIpc) is 2.44. The second-order valence-corrected chi connectivity index (χ2v) is 5.46. The van der Waals surface area contributed by atoms with E-state index in [-0.39, 0.29) is 18.2 Å². The lowest BCUT2D eigenvalue weighted by Crippen LogP contribution is -2.42. The normalized spacial score (nSPS) is 31.9. The van der Waals surface area contributed by atoms with Crippen LogP contribution in [0.5, 0.6) is 0 Å². The fourth-order valence-electron chi connectivity index (χ4n) is 2.31. The lowest BCUT2D eigenvalue weighted by molar-refractivity contribution is -0.163. The molecule has 0 amide bonds. The third kappa shape index (κ3) is 5.05. The first-order valence-electron chi connectivity index (χ1n) is 6.85. The second kappa shape index (κ2) is 8.62. The third-order valence-corrected chi connectivity index (χ3v) is 3.61. The predicted molar refractivity (Wildman–Crippen MR) is 77.5 cm³/mol. The zero-order valence-electron chi connectivity index (χ0n) is 12.4. The van der Waals surface area contributed by atoms with E-state index in [1.54, 1.807) is 14.0 Å². The second-order valence-electron chi connectivity index (χ2n) is 5.24. The van der Waals surface area contributed by atoms with Gasteiger partial charge in [0.25, 0.3) is 0 Å². The maximum atomic E-state index is 11.9. The molecule has 116 valence electrons. The quantitative estimate of drug-likeness (QED) is 0.479. The van der Waals surface area contributed by atoms with Gasteiger partial charge in [-0.2, -0.15) is 0 Å². The fraction of sp³-hybridized carbons (Fsp3) is 0.786. The van der Waals surface area contributed by atoms with E-state index in [1.807, 2.05) is 6.92 Å². The first-order valence-corrected chi connectivity index (χ1v) is 7.22. The smallest absolute Gasteiger partial charge is 0.324 e. The Kier molecular flexibility index (Phi) is 7.51. The molecule has 0 aliphatic carbocycles. The van der Waals surface area contributed by atoms with Gasteiger partial charge in [0.2, 0.25) is 0 Å². The average molecular weight is 306 g/mol. The summed E-state index contributed by atoms with van der Waals surface area (Å²) in [6.45, 7) is 8.02. The monoisotopic (exact) mass is 305 g/mol. The number of esters is 1. The molecule has 5 nitrogen and oxygen atoms in total. The Morgan fingerprint density at radius 1 is 1.55 bits per heavy atom. The van der Waals surface area contributed by atoms with Crippen LogP contribution in [0, 0.1) is 0 Å². The number of hydrogen-bond acceptors (Lipinski definition) is 5. The molecule has 0 spiro atoms. The highest BCUT2D eigenvalue weighted by Gasteiger charge is 2.34. The molecule has 0 saturated carbocycles. The number of ether oxygens (including phenoxy) is 3. The van der Waals surface area contributed by atoms with E-state index in [4.69, 9.17) is 26.0 Å². The standard InChI is InChI=1S/C14H24ClNO4/c1-9(2)8-19-12-7-5-6-11(16-15)14(17)20-10(3)13(12)18-4/h10-13,16H,1,5-8H2,2-4H3/t10-,11-,12-,13-/m0/s1. The zero-order valence-corrected chi connectivity index (χ0v) is 13.1. The minimum Gasteiger partial charge on any atom is -0.459 e. The number of hydrogen-bond donors (Lipinski definition) is 1. The summed E-state index contributed by atoms with van der Waals surface area (Å²) in [6.07, 6.45) is 1.36. The van der Waals surface area contributed by atoms with Crippen molar-refractivity contribution in [1.29, 1.82) is 0 Å². The molecule has 1 N–H and O–H groups in total. The van der Waals surface area contributed by atoms with Gasteiger partial charge < -0.3 is 14.2 Å². The predicted octanol–water partition coefficient (Wildman–Crippen LogP) is 2.19. The number of carbonyl (C=O) groups excluding carboxylic acids is 1. The van der Waals surface area contributed by atoms with Crippen molar-refractivity contribution in [3.63, 3.8) is 0 Å². The lowest BCUT2D eigenvalue weighted by atomic mass is 10.0. The van der Waals surface area contributed by atoms with Crippen molar-refractivity contribution >= 4 is 17.7 Å². The molecule has 0 bridgehead atoms. The van der Waals surface area contributed by atoms with E-state index in [9.17, 15) is 4.79 Å². The summed E-state index contributed by atoms with van der Waals surface area (Å²) in [4.78, 5) is 14.4. The first kappa shape index (κ1) is 17.4. The summed E-state index contributed by atoms with van der Waals surface area (Å²) >= 11 is 5.59. The van der Waals surface area contributed by atoms with Crippen molar-refractivity contribution < 1.29 is 19.0 Å². The van der Waals surface area contributed by atoms with Gasteiger partial charge in [0.15, 0.2) is 0 Å². The van der Waals surface area contributed by atoms with Gasteiger partial charge in [-0.05, 0) is 44.9 Å². The fourth-order valence-corrected chi connectivity index (χ4v) is 2.51. The number of methoxy groups -OCH3 is 1. The highest BCUT2D eigenvalue weighted by atomic mass is 35.5. The minimum atomic E-state index is -0.489. The van der Waals surface area contributed by atoms with Crippen LogP contribution in [0.15, 0.2) is 12.2 Å². The molecular formula is C14H24ClNO4. The van der Waals surface area contributed by atoms with Gasteiger partial charge in [-0.1, -0.05) is 12.2 Å². The largest absolute Gasteiger partial charge is 0.459 e.